The first-order valence-electron chi connectivity index (χ1n) is 11.5. The predicted molar refractivity (Wildman–Crippen MR) is 142 cm³/mol. The zero-order valence-corrected chi connectivity index (χ0v) is 23.1. The van der Waals surface area contributed by atoms with Crippen LogP contribution in [0.5, 0.6) is 0 Å². The van der Waals surface area contributed by atoms with Crippen molar-refractivity contribution < 1.29 is 18.0 Å². The lowest BCUT2D eigenvalue weighted by Gasteiger charge is -2.35. The van der Waals surface area contributed by atoms with E-state index < -0.39 is 34.1 Å². The van der Waals surface area contributed by atoms with Gasteiger partial charge in [-0.15, -0.1) is 0 Å². The second kappa shape index (κ2) is 11.4. The number of anilines is 1. The highest BCUT2D eigenvalue weighted by atomic mass is 35.5. The molecule has 192 valence electrons. The largest absolute Gasteiger partial charge is 0.350 e. The normalized spacial score (nSPS) is 12.7. The molecule has 2 amide bonds. The number of nitrogens with zero attached hydrogens (tertiary/aromatic N) is 2. The maximum atomic E-state index is 13.7. The first-order valence-corrected chi connectivity index (χ1v) is 13.8. The number of aryl methyl sites for hydroxylation is 2. The third-order valence-electron chi connectivity index (χ3n) is 5.48. The molecule has 2 aromatic carbocycles. The standard InChI is InChI=1S/C26H36ClN3O4S/c1-8-22(25(32)28-26(4,5)6)29(16-20-11-9-10-12-21(20)27)24(31)17-30(35(7,33)34)23-14-13-18(2)15-19(23)3/h9-15,22H,8,16-17H2,1-7H3,(H,28,32)/t22-/m0/s1. The van der Waals surface area contributed by atoms with Crippen LogP contribution in [0.1, 0.15) is 50.8 Å². The van der Waals surface area contributed by atoms with Gasteiger partial charge in [-0.1, -0.05) is 54.4 Å². The molecule has 7 nitrogen and oxygen atoms in total. The van der Waals surface area contributed by atoms with E-state index in [4.69, 9.17) is 11.6 Å². The Morgan fingerprint density at radius 2 is 1.71 bits per heavy atom. The second-order valence-corrected chi connectivity index (χ2v) is 12.1. The fraction of sp³-hybridized carbons (Fsp3) is 0.462. The van der Waals surface area contributed by atoms with Gasteiger partial charge in [0, 0.05) is 17.1 Å². The van der Waals surface area contributed by atoms with Gasteiger partial charge < -0.3 is 10.2 Å². The summed E-state index contributed by atoms with van der Waals surface area (Å²) in [5.74, 6) is -0.802. The minimum atomic E-state index is -3.79. The van der Waals surface area contributed by atoms with E-state index in [0.29, 0.717) is 22.7 Å². The summed E-state index contributed by atoms with van der Waals surface area (Å²) in [4.78, 5) is 28.3. The minimum Gasteiger partial charge on any atom is -0.350 e. The number of nitrogens with one attached hydrogen (secondary N) is 1. The van der Waals surface area contributed by atoms with E-state index in [-0.39, 0.29) is 12.5 Å². The third-order valence-corrected chi connectivity index (χ3v) is 6.98. The smallest absolute Gasteiger partial charge is 0.244 e. The molecule has 0 aromatic heterocycles. The number of hydrogen-bond donors (Lipinski definition) is 1. The molecule has 9 heteroatoms. The van der Waals surface area contributed by atoms with E-state index in [2.05, 4.69) is 5.32 Å². The molecule has 0 aliphatic carbocycles. The van der Waals surface area contributed by atoms with Crippen LogP contribution in [0.15, 0.2) is 42.5 Å². The maximum Gasteiger partial charge on any atom is 0.244 e. The van der Waals surface area contributed by atoms with Gasteiger partial charge in [0.1, 0.15) is 12.6 Å². The second-order valence-electron chi connectivity index (χ2n) is 9.84. The first-order chi connectivity index (χ1) is 16.1. The lowest BCUT2D eigenvalue weighted by Crippen LogP contribution is -2.55. The molecule has 35 heavy (non-hydrogen) atoms. The fourth-order valence-electron chi connectivity index (χ4n) is 3.86. The maximum absolute atomic E-state index is 13.7. The van der Waals surface area contributed by atoms with Crippen LogP contribution in [-0.2, 0) is 26.2 Å². The van der Waals surface area contributed by atoms with Gasteiger partial charge in [-0.2, -0.15) is 0 Å². The summed E-state index contributed by atoms with van der Waals surface area (Å²) >= 11 is 6.37. The summed E-state index contributed by atoms with van der Waals surface area (Å²) in [7, 11) is -3.79. The van der Waals surface area contributed by atoms with E-state index in [1.807, 2.05) is 40.7 Å². The lowest BCUT2D eigenvalue weighted by atomic mass is 10.1. The van der Waals surface area contributed by atoms with Crippen molar-refractivity contribution in [1.82, 2.24) is 10.2 Å². The minimum absolute atomic E-state index is 0.0685. The number of carbonyl (C=O) groups excluding carboxylic acids is 2. The molecule has 0 bridgehead atoms. The highest BCUT2D eigenvalue weighted by Gasteiger charge is 2.33. The van der Waals surface area contributed by atoms with Crippen molar-refractivity contribution in [3.05, 3.63) is 64.2 Å². The number of rotatable bonds is 9. The molecule has 0 saturated heterocycles. The van der Waals surface area contributed by atoms with Crippen molar-refractivity contribution in [1.29, 1.82) is 0 Å². The van der Waals surface area contributed by atoms with E-state index in [9.17, 15) is 18.0 Å². The van der Waals surface area contributed by atoms with E-state index in [1.165, 1.54) is 4.90 Å². The Balaban J connectivity index is 2.51. The summed E-state index contributed by atoms with van der Waals surface area (Å²) in [6.07, 6.45) is 1.42. The number of carbonyl (C=O) groups is 2. The zero-order chi connectivity index (χ0) is 26.6. The van der Waals surface area contributed by atoms with Crippen molar-refractivity contribution in [2.24, 2.45) is 0 Å². The van der Waals surface area contributed by atoms with Crippen molar-refractivity contribution in [2.75, 3.05) is 17.1 Å². The Hall–Kier alpha value is -2.58. The first kappa shape index (κ1) is 28.7. The Morgan fingerprint density at radius 3 is 2.23 bits per heavy atom. The van der Waals surface area contributed by atoms with Crippen molar-refractivity contribution in [3.8, 4) is 0 Å². The number of halogens is 1. The van der Waals surface area contributed by atoms with Gasteiger partial charge in [0.05, 0.1) is 11.9 Å². The van der Waals surface area contributed by atoms with Crippen LogP contribution < -0.4 is 9.62 Å². The number of amides is 2. The van der Waals surface area contributed by atoms with Gasteiger partial charge in [-0.25, -0.2) is 8.42 Å². The van der Waals surface area contributed by atoms with Gasteiger partial charge in [0.25, 0.3) is 0 Å². The molecule has 0 fully saturated rings. The Morgan fingerprint density at radius 1 is 1.09 bits per heavy atom. The topological polar surface area (TPSA) is 86.8 Å². The van der Waals surface area contributed by atoms with Crippen LogP contribution in [0.2, 0.25) is 5.02 Å². The van der Waals surface area contributed by atoms with Crippen LogP contribution in [0, 0.1) is 13.8 Å². The zero-order valence-electron chi connectivity index (χ0n) is 21.6. The van der Waals surface area contributed by atoms with Crippen molar-refractivity contribution in [3.63, 3.8) is 0 Å². The van der Waals surface area contributed by atoms with Crippen LogP contribution in [0.3, 0.4) is 0 Å². The Bertz CT molecular complexity index is 1180. The third kappa shape index (κ3) is 7.97. The van der Waals surface area contributed by atoms with E-state index >= 15 is 0 Å². The monoisotopic (exact) mass is 521 g/mol. The molecule has 1 N–H and O–H groups in total. The van der Waals surface area contributed by atoms with E-state index in [1.54, 1.807) is 43.3 Å². The molecule has 0 saturated carbocycles. The average Bonchev–Trinajstić information content (AvgIpc) is 2.71. The summed E-state index contributed by atoms with van der Waals surface area (Å²) in [5, 5.41) is 3.40. The molecule has 0 aliphatic heterocycles. The van der Waals surface area contributed by atoms with Gasteiger partial charge in [0.2, 0.25) is 21.8 Å². The Kier molecular flexibility index (Phi) is 9.36. The summed E-state index contributed by atoms with van der Waals surface area (Å²) in [5.41, 5.74) is 2.31. The van der Waals surface area contributed by atoms with Crippen LogP contribution in [0.4, 0.5) is 5.69 Å². The number of benzene rings is 2. The van der Waals surface area contributed by atoms with Crippen LogP contribution >= 0.6 is 11.6 Å². The molecule has 0 heterocycles. The van der Waals surface area contributed by atoms with Gasteiger partial charge in [-0.3, -0.25) is 13.9 Å². The van der Waals surface area contributed by atoms with Crippen LogP contribution in [-0.4, -0.2) is 49.5 Å². The highest BCUT2D eigenvalue weighted by molar-refractivity contribution is 7.92. The molecule has 1 atom stereocenters. The lowest BCUT2D eigenvalue weighted by molar-refractivity contribution is -0.141. The number of sulfonamides is 1. The molecule has 2 rings (SSSR count). The quantitative estimate of drug-likeness (QED) is 0.528. The number of hydrogen-bond acceptors (Lipinski definition) is 4. The summed E-state index contributed by atoms with van der Waals surface area (Å²) in [6, 6.07) is 11.7. The van der Waals surface area contributed by atoms with Crippen molar-refractivity contribution >= 4 is 39.1 Å². The van der Waals surface area contributed by atoms with E-state index in [0.717, 1.165) is 21.7 Å². The van der Waals surface area contributed by atoms with Gasteiger partial charge in [0.15, 0.2) is 0 Å². The summed E-state index contributed by atoms with van der Waals surface area (Å²) in [6.45, 7) is 10.8. The molecule has 2 aromatic rings. The molecular weight excluding hydrogens is 486 g/mol. The molecule has 0 radical (unpaired) electrons. The summed E-state index contributed by atoms with van der Waals surface area (Å²) < 4.78 is 26.6. The fourth-order valence-corrected chi connectivity index (χ4v) is 4.97. The predicted octanol–water partition coefficient (Wildman–Crippen LogP) is 4.44. The highest BCUT2D eigenvalue weighted by Crippen LogP contribution is 2.25. The molecule has 0 spiro atoms. The Labute approximate surface area is 214 Å². The SMILES string of the molecule is CC[C@@H](C(=O)NC(C)(C)C)N(Cc1ccccc1Cl)C(=O)CN(c1ccc(C)cc1C)S(C)(=O)=O. The molecule has 0 unspecified atom stereocenters. The molecule has 0 aliphatic rings. The van der Waals surface area contributed by atoms with Crippen LogP contribution in [0.25, 0.3) is 0 Å². The van der Waals surface area contributed by atoms with Crippen molar-refractivity contribution in [2.45, 2.75) is 66.1 Å². The van der Waals surface area contributed by atoms with Gasteiger partial charge in [-0.05, 0) is 64.3 Å². The molecular formula is C26H36ClN3O4S. The average molecular weight is 522 g/mol. The van der Waals surface area contributed by atoms with Gasteiger partial charge >= 0.3 is 0 Å².